The summed E-state index contributed by atoms with van der Waals surface area (Å²) in [7, 11) is 1.58. The molecule has 0 spiro atoms. The molecule has 27 heavy (non-hydrogen) atoms. The number of nitrogens with zero attached hydrogens (tertiary/aromatic N) is 1. The first-order valence-corrected chi connectivity index (χ1v) is 9.12. The third-order valence-corrected chi connectivity index (χ3v) is 4.61. The van der Waals surface area contributed by atoms with Crippen molar-refractivity contribution in [1.29, 1.82) is 0 Å². The monoisotopic (exact) mass is 364 g/mol. The number of carbonyl (C=O) groups is 2. The fourth-order valence-corrected chi connectivity index (χ4v) is 3.19. The van der Waals surface area contributed by atoms with Gasteiger partial charge >= 0.3 is 0 Å². The molecule has 140 valence electrons. The second-order valence-corrected chi connectivity index (χ2v) is 6.52. The van der Waals surface area contributed by atoms with Crippen LogP contribution in [-0.2, 0) is 9.59 Å². The highest BCUT2D eigenvalue weighted by atomic mass is 16.5. The zero-order chi connectivity index (χ0) is 19.1. The van der Waals surface area contributed by atoms with E-state index in [-0.39, 0.29) is 24.3 Å². The van der Waals surface area contributed by atoms with Gasteiger partial charge in [-0.25, -0.2) is 0 Å². The molecule has 0 fully saturated rings. The molecule has 5 heteroatoms. The van der Waals surface area contributed by atoms with Crippen molar-refractivity contribution < 1.29 is 14.3 Å². The summed E-state index contributed by atoms with van der Waals surface area (Å²) < 4.78 is 5.18. The van der Waals surface area contributed by atoms with E-state index >= 15 is 0 Å². The first kappa shape index (κ1) is 18.7. The lowest BCUT2D eigenvalue weighted by Gasteiger charge is -2.27. The first-order valence-electron chi connectivity index (χ1n) is 9.12. The van der Waals surface area contributed by atoms with Crippen LogP contribution in [0.1, 0.15) is 19.3 Å². The predicted octanol–water partition coefficient (Wildman–Crippen LogP) is 4.02. The number of para-hydroxylation sites is 1. The minimum Gasteiger partial charge on any atom is -0.497 e. The Morgan fingerprint density at radius 3 is 2.63 bits per heavy atom. The molecule has 1 aliphatic carbocycles. The van der Waals surface area contributed by atoms with Gasteiger partial charge in [0.25, 0.3) is 0 Å². The lowest BCUT2D eigenvalue weighted by molar-refractivity contribution is -0.124. The van der Waals surface area contributed by atoms with Gasteiger partial charge < -0.3 is 15.0 Å². The maximum Gasteiger partial charge on any atom is 0.244 e. The van der Waals surface area contributed by atoms with Crippen LogP contribution in [0.15, 0.2) is 66.7 Å². The topological polar surface area (TPSA) is 58.6 Å². The number of anilines is 2. The zero-order valence-electron chi connectivity index (χ0n) is 15.4. The van der Waals surface area contributed by atoms with Gasteiger partial charge in [0.1, 0.15) is 12.3 Å². The van der Waals surface area contributed by atoms with E-state index in [1.807, 2.05) is 48.5 Å². The van der Waals surface area contributed by atoms with Gasteiger partial charge in [0.15, 0.2) is 0 Å². The Labute approximate surface area is 159 Å². The average molecular weight is 364 g/mol. The number of benzene rings is 2. The summed E-state index contributed by atoms with van der Waals surface area (Å²) in [6.45, 7) is -0.0275. The quantitative estimate of drug-likeness (QED) is 0.788. The Morgan fingerprint density at radius 2 is 1.93 bits per heavy atom. The van der Waals surface area contributed by atoms with Crippen LogP contribution in [0.25, 0.3) is 0 Å². The molecule has 0 saturated heterocycles. The van der Waals surface area contributed by atoms with Gasteiger partial charge in [0.05, 0.1) is 7.11 Å². The van der Waals surface area contributed by atoms with Crippen molar-refractivity contribution in [2.75, 3.05) is 23.9 Å². The Kier molecular flexibility index (Phi) is 6.26. The number of hydrogen-bond donors (Lipinski definition) is 1. The van der Waals surface area contributed by atoms with Crippen molar-refractivity contribution in [2.24, 2.45) is 5.92 Å². The average Bonchev–Trinajstić information content (AvgIpc) is 2.73. The molecule has 0 bridgehead atoms. The number of ether oxygens (including phenoxy) is 1. The fraction of sp³-hybridized carbons (Fsp3) is 0.273. The lowest BCUT2D eigenvalue weighted by Crippen LogP contribution is -2.41. The Morgan fingerprint density at radius 1 is 1.11 bits per heavy atom. The van der Waals surface area contributed by atoms with E-state index < -0.39 is 0 Å². The highest BCUT2D eigenvalue weighted by Crippen LogP contribution is 2.24. The van der Waals surface area contributed by atoms with Crippen LogP contribution in [0.3, 0.4) is 0 Å². The molecule has 0 saturated carbocycles. The highest BCUT2D eigenvalue weighted by Gasteiger charge is 2.27. The minimum absolute atomic E-state index is 0.00802. The maximum absolute atomic E-state index is 13.1. The molecule has 1 N–H and O–H groups in total. The van der Waals surface area contributed by atoms with Gasteiger partial charge in [-0.05, 0) is 43.5 Å². The molecule has 0 aliphatic heterocycles. The van der Waals surface area contributed by atoms with Crippen molar-refractivity contribution in [2.45, 2.75) is 19.3 Å². The molecule has 0 radical (unpaired) electrons. The molecule has 5 nitrogen and oxygen atoms in total. The number of nitrogens with one attached hydrogen (secondary N) is 1. The molecule has 2 aromatic carbocycles. The number of methoxy groups -OCH3 is 1. The van der Waals surface area contributed by atoms with Crippen LogP contribution in [0.5, 0.6) is 5.75 Å². The van der Waals surface area contributed by atoms with E-state index in [0.717, 1.165) is 24.9 Å². The summed E-state index contributed by atoms with van der Waals surface area (Å²) in [5.74, 6) is 0.329. The zero-order valence-corrected chi connectivity index (χ0v) is 15.4. The van der Waals surface area contributed by atoms with E-state index in [4.69, 9.17) is 4.74 Å². The molecule has 2 amide bonds. The molecule has 0 aromatic heterocycles. The SMILES string of the molecule is COc1cccc(NC(=O)CN(C(=O)[C@H]2CC=CCC2)c2ccccc2)c1. The van der Waals surface area contributed by atoms with E-state index in [0.29, 0.717) is 11.4 Å². The molecule has 2 aromatic rings. The number of rotatable bonds is 6. The lowest BCUT2D eigenvalue weighted by atomic mass is 9.93. The molecule has 3 rings (SSSR count). The second kappa shape index (κ2) is 9.03. The van der Waals surface area contributed by atoms with Gasteiger partial charge in [-0.3, -0.25) is 9.59 Å². The van der Waals surface area contributed by atoms with Crippen LogP contribution in [0, 0.1) is 5.92 Å². The predicted molar refractivity (Wildman–Crippen MR) is 107 cm³/mol. The van der Waals surface area contributed by atoms with Gasteiger partial charge in [0.2, 0.25) is 11.8 Å². The summed E-state index contributed by atoms with van der Waals surface area (Å²) in [6, 6.07) is 16.5. The number of hydrogen-bond acceptors (Lipinski definition) is 3. The van der Waals surface area contributed by atoms with Gasteiger partial charge in [-0.1, -0.05) is 36.4 Å². The third-order valence-electron chi connectivity index (χ3n) is 4.61. The van der Waals surface area contributed by atoms with E-state index in [1.54, 1.807) is 24.1 Å². The Bertz CT molecular complexity index is 817. The van der Waals surface area contributed by atoms with Crippen molar-refractivity contribution in [3.8, 4) is 5.75 Å². The second-order valence-electron chi connectivity index (χ2n) is 6.52. The standard InChI is InChI=1S/C22H24N2O3/c1-27-20-14-8-11-18(15-20)23-21(25)16-24(19-12-6-3-7-13-19)22(26)17-9-4-2-5-10-17/h2-4,6-8,11-15,17H,5,9-10,16H2,1H3,(H,23,25)/t17-/m0/s1. The first-order chi connectivity index (χ1) is 13.2. The largest absolute Gasteiger partial charge is 0.497 e. The van der Waals surface area contributed by atoms with Gasteiger partial charge in [0, 0.05) is 23.4 Å². The fourth-order valence-electron chi connectivity index (χ4n) is 3.19. The summed E-state index contributed by atoms with van der Waals surface area (Å²) in [5.41, 5.74) is 1.37. The van der Waals surface area contributed by atoms with Crippen LogP contribution < -0.4 is 15.0 Å². The van der Waals surface area contributed by atoms with Crippen molar-refractivity contribution >= 4 is 23.2 Å². The highest BCUT2D eigenvalue weighted by molar-refractivity contribution is 6.03. The molecular weight excluding hydrogens is 340 g/mol. The van der Waals surface area contributed by atoms with Crippen LogP contribution in [0.2, 0.25) is 0 Å². The van der Waals surface area contributed by atoms with E-state index in [1.165, 1.54) is 0 Å². The molecule has 0 unspecified atom stereocenters. The smallest absolute Gasteiger partial charge is 0.244 e. The van der Waals surface area contributed by atoms with Crippen LogP contribution in [-0.4, -0.2) is 25.5 Å². The molecule has 1 atom stereocenters. The van der Waals surface area contributed by atoms with E-state index in [9.17, 15) is 9.59 Å². The normalized spacial score (nSPS) is 15.8. The molecular formula is C22H24N2O3. The summed E-state index contributed by atoms with van der Waals surface area (Å²) in [5, 5.41) is 2.85. The Balaban J connectivity index is 1.75. The van der Waals surface area contributed by atoms with Crippen LogP contribution >= 0.6 is 0 Å². The summed E-state index contributed by atoms with van der Waals surface area (Å²) in [4.78, 5) is 27.3. The maximum atomic E-state index is 13.1. The van der Waals surface area contributed by atoms with Crippen molar-refractivity contribution in [3.05, 3.63) is 66.7 Å². The summed E-state index contributed by atoms with van der Waals surface area (Å²) in [6.07, 6.45) is 6.59. The van der Waals surface area contributed by atoms with Crippen molar-refractivity contribution in [1.82, 2.24) is 0 Å². The Hall–Kier alpha value is -3.08. The van der Waals surface area contributed by atoms with Gasteiger partial charge in [-0.15, -0.1) is 0 Å². The van der Waals surface area contributed by atoms with Crippen LogP contribution in [0.4, 0.5) is 11.4 Å². The molecule has 1 aliphatic rings. The number of carbonyl (C=O) groups excluding carboxylic acids is 2. The minimum atomic E-state index is -0.244. The van der Waals surface area contributed by atoms with E-state index in [2.05, 4.69) is 11.4 Å². The molecule has 0 heterocycles. The number of allylic oxidation sites excluding steroid dienone is 2. The van der Waals surface area contributed by atoms with Crippen molar-refractivity contribution in [3.63, 3.8) is 0 Å². The summed E-state index contributed by atoms with van der Waals surface area (Å²) >= 11 is 0. The third kappa shape index (κ3) is 4.97. The number of amides is 2. The van der Waals surface area contributed by atoms with Gasteiger partial charge in [-0.2, -0.15) is 0 Å².